The van der Waals surface area contributed by atoms with Crippen LogP contribution in [0.25, 0.3) is 0 Å². The zero-order chi connectivity index (χ0) is 18.0. The summed E-state index contributed by atoms with van der Waals surface area (Å²) in [6, 6.07) is 5.43. The van der Waals surface area contributed by atoms with Crippen LogP contribution in [0.5, 0.6) is 5.75 Å². The molecule has 25 heavy (non-hydrogen) atoms. The lowest BCUT2D eigenvalue weighted by Gasteiger charge is -2.27. The Hall–Kier alpha value is -1.20. The molecule has 1 aliphatic heterocycles. The highest BCUT2D eigenvalue weighted by atomic mass is 35.5. The molecule has 1 amide bonds. The highest BCUT2D eigenvalue weighted by molar-refractivity contribution is 8.15. The quantitative estimate of drug-likeness (QED) is 0.736. The summed E-state index contributed by atoms with van der Waals surface area (Å²) in [5, 5.41) is 1.36. The number of halogens is 1. The first-order chi connectivity index (χ1) is 12.0. The number of carbonyl (C=O) groups excluding carboxylic acids is 1. The van der Waals surface area contributed by atoms with Gasteiger partial charge in [0.15, 0.2) is 5.17 Å². The van der Waals surface area contributed by atoms with Crippen molar-refractivity contribution >= 4 is 34.4 Å². The van der Waals surface area contributed by atoms with Crippen molar-refractivity contribution in [3.8, 4) is 5.75 Å². The van der Waals surface area contributed by atoms with Crippen LogP contribution in [-0.4, -0.2) is 40.4 Å². The van der Waals surface area contributed by atoms with E-state index >= 15 is 0 Å². The van der Waals surface area contributed by atoms with Crippen LogP contribution in [0.4, 0.5) is 0 Å². The molecule has 136 valence electrons. The van der Waals surface area contributed by atoms with E-state index in [9.17, 15) is 4.79 Å². The summed E-state index contributed by atoms with van der Waals surface area (Å²) in [4.78, 5) is 19.6. The summed E-state index contributed by atoms with van der Waals surface area (Å²) >= 11 is 7.86. The molecule has 1 aliphatic carbocycles. The zero-order valence-corrected chi connectivity index (χ0v) is 16.6. The number of amides is 1. The number of nitrogens with zero attached hydrogens (tertiary/aromatic N) is 2. The van der Waals surface area contributed by atoms with E-state index < -0.39 is 0 Å². The highest BCUT2D eigenvalue weighted by Crippen LogP contribution is 2.48. The summed E-state index contributed by atoms with van der Waals surface area (Å²) in [6.45, 7) is 5.37. The summed E-state index contributed by atoms with van der Waals surface area (Å²) < 4.78 is 5.54. The van der Waals surface area contributed by atoms with Gasteiger partial charge in [-0.25, -0.2) is 0 Å². The Balaban J connectivity index is 1.92. The molecule has 0 bridgehead atoms. The topological polar surface area (TPSA) is 41.9 Å². The van der Waals surface area contributed by atoms with E-state index in [2.05, 4.69) is 23.7 Å². The maximum absolute atomic E-state index is 12.8. The van der Waals surface area contributed by atoms with E-state index in [0.29, 0.717) is 22.4 Å². The standard InChI is InChI=1S/C19H25ClN2O2S/c1-4-13(2)22-12-19(9-5-6-10-19)25-18(22)21-17(23)15-11-14(20)7-8-16(15)24-3/h7-8,11,13H,4-6,9-10,12H2,1-3H3. The van der Waals surface area contributed by atoms with E-state index in [1.165, 1.54) is 25.7 Å². The van der Waals surface area contributed by atoms with Gasteiger partial charge in [0, 0.05) is 22.4 Å². The minimum Gasteiger partial charge on any atom is -0.496 e. The number of thioether (sulfide) groups is 1. The Morgan fingerprint density at radius 2 is 2.16 bits per heavy atom. The fourth-order valence-corrected chi connectivity index (χ4v) is 5.33. The lowest BCUT2D eigenvalue weighted by molar-refractivity contribution is 0.0998. The number of rotatable bonds is 4. The summed E-state index contributed by atoms with van der Waals surface area (Å²) in [6.07, 6.45) is 5.98. The number of ether oxygens (including phenoxy) is 1. The van der Waals surface area contributed by atoms with Gasteiger partial charge >= 0.3 is 0 Å². The van der Waals surface area contributed by atoms with Crippen molar-refractivity contribution in [1.82, 2.24) is 4.90 Å². The maximum atomic E-state index is 12.8. The molecule has 1 saturated carbocycles. The fraction of sp³-hybridized carbons (Fsp3) is 0.579. The van der Waals surface area contributed by atoms with E-state index in [1.54, 1.807) is 37.1 Å². The second-order valence-electron chi connectivity index (χ2n) is 6.92. The van der Waals surface area contributed by atoms with Crippen LogP contribution in [0.1, 0.15) is 56.3 Å². The van der Waals surface area contributed by atoms with Crippen LogP contribution in [0.15, 0.2) is 23.2 Å². The van der Waals surface area contributed by atoms with Crippen molar-refractivity contribution in [2.75, 3.05) is 13.7 Å². The van der Waals surface area contributed by atoms with Crippen molar-refractivity contribution in [2.24, 2.45) is 4.99 Å². The van der Waals surface area contributed by atoms with Crippen molar-refractivity contribution in [3.05, 3.63) is 28.8 Å². The smallest absolute Gasteiger partial charge is 0.283 e. The third kappa shape index (κ3) is 3.82. The van der Waals surface area contributed by atoms with Crippen molar-refractivity contribution < 1.29 is 9.53 Å². The first kappa shape index (κ1) is 18.6. The second kappa shape index (κ2) is 7.58. The minimum absolute atomic E-state index is 0.237. The number of carbonyl (C=O) groups is 1. The first-order valence-electron chi connectivity index (χ1n) is 8.90. The molecule has 1 heterocycles. The van der Waals surface area contributed by atoms with Crippen molar-refractivity contribution in [2.45, 2.75) is 56.7 Å². The van der Waals surface area contributed by atoms with E-state index in [-0.39, 0.29) is 10.7 Å². The number of hydrogen-bond acceptors (Lipinski definition) is 3. The van der Waals surface area contributed by atoms with E-state index in [0.717, 1.165) is 18.1 Å². The van der Waals surface area contributed by atoms with Gasteiger partial charge < -0.3 is 9.64 Å². The molecule has 3 rings (SSSR count). The Bertz CT molecular complexity index is 686. The van der Waals surface area contributed by atoms with E-state index in [1.807, 2.05) is 0 Å². The van der Waals surface area contributed by atoms with Gasteiger partial charge in [-0.2, -0.15) is 4.99 Å². The molecule has 0 N–H and O–H groups in total. The first-order valence-corrected chi connectivity index (χ1v) is 10.1. The lowest BCUT2D eigenvalue weighted by Crippen LogP contribution is -2.37. The van der Waals surface area contributed by atoms with Gasteiger partial charge in [0.2, 0.25) is 0 Å². The second-order valence-corrected chi connectivity index (χ2v) is 8.79. The molecular weight excluding hydrogens is 356 g/mol. The molecule has 0 aromatic heterocycles. The van der Waals surface area contributed by atoms with Gasteiger partial charge in [0.1, 0.15) is 5.75 Å². The SMILES string of the molecule is CCC(C)N1CC2(CCCC2)SC1=NC(=O)c1cc(Cl)ccc1OC. The van der Waals surface area contributed by atoms with Crippen LogP contribution in [0.2, 0.25) is 5.02 Å². The van der Waals surface area contributed by atoms with Crippen molar-refractivity contribution in [3.63, 3.8) is 0 Å². The molecule has 1 spiro atoms. The number of amidine groups is 1. The van der Waals surface area contributed by atoms with Crippen LogP contribution >= 0.6 is 23.4 Å². The Morgan fingerprint density at radius 1 is 1.44 bits per heavy atom. The Morgan fingerprint density at radius 3 is 2.80 bits per heavy atom. The monoisotopic (exact) mass is 380 g/mol. The zero-order valence-electron chi connectivity index (χ0n) is 15.0. The minimum atomic E-state index is -0.287. The van der Waals surface area contributed by atoms with Gasteiger partial charge in [-0.15, -0.1) is 0 Å². The number of benzene rings is 1. The molecule has 6 heteroatoms. The van der Waals surface area contributed by atoms with Crippen molar-refractivity contribution in [1.29, 1.82) is 0 Å². The lowest BCUT2D eigenvalue weighted by atomic mass is 10.1. The largest absolute Gasteiger partial charge is 0.496 e. The normalized spacial score (nSPS) is 21.9. The Labute approximate surface area is 159 Å². The predicted molar refractivity (Wildman–Crippen MR) is 105 cm³/mol. The number of aliphatic imine (C=N–C) groups is 1. The fourth-order valence-electron chi connectivity index (χ4n) is 3.59. The third-order valence-electron chi connectivity index (χ3n) is 5.24. The van der Waals surface area contributed by atoms with Crippen LogP contribution in [-0.2, 0) is 0 Å². The van der Waals surface area contributed by atoms with Crippen LogP contribution in [0, 0.1) is 0 Å². The molecule has 1 aromatic rings. The van der Waals surface area contributed by atoms with E-state index in [4.69, 9.17) is 16.3 Å². The summed E-state index contributed by atoms with van der Waals surface area (Å²) in [7, 11) is 1.55. The molecule has 1 saturated heterocycles. The maximum Gasteiger partial charge on any atom is 0.283 e. The van der Waals surface area contributed by atoms with Gasteiger partial charge in [-0.1, -0.05) is 43.1 Å². The molecule has 1 aromatic carbocycles. The molecule has 1 unspecified atom stereocenters. The summed E-state index contributed by atoms with van der Waals surface area (Å²) in [5.74, 6) is 0.220. The number of methoxy groups -OCH3 is 1. The molecule has 0 radical (unpaired) electrons. The third-order valence-corrected chi connectivity index (χ3v) is 6.95. The summed E-state index contributed by atoms with van der Waals surface area (Å²) in [5.41, 5.74) is 0.416. The average Bonchev–Trinajstić information content (AvgIpc) is 3.21. The highest BCUT2D eigenvalue weighted by Gasteiger charge is 2.45. The average molecular weight is 381 g/mol. The molecular formula is C19H25ClN2O2S. The Kier molecular flexibility index (Phi) is 5.64. The van der Waals surface area contributed by atoms with Gasteiger partial charge in [-0.05, 0) is 44.4 Å². The van der Waals surface area contributed by atoms with Crippen LogP contribution < -0.4 is 4.74 Å². The molecule has 2 aliphatic rings. The van der Waals surface area contributed by atoms with Crippen LogP contribution in [0.3, 0.4) is 0 Å². The molecule has 1 atom stereocenters. The van der Waals surface area contributed by atoms with Gasteiger partial charge in [-0.3, -0.25) is 4.79 Å². The van der Waals surface area contributed by atoms with Gasteiger partial charge in [0.05, 0.1) is 12.7 Å². The number of hydrogen-bond donors (Lipinski definition) is 0. The van der Waals surface area contributed by atoms with Gasteiger partial charge in [0.25, 0.3) is 5.91 Å². The molecule has 4 nitrogen and oxygen atoms in total. The predicted octanol–water partition coefficient (Wildman–Crippen LogP) is 5.00. The molecule has 2 fully saturated rings.